The molecule has 0 fully saturated rings. The van der Waals surface area contributed by atoms with Crippen LogP contribution in [0.4, 0.5) is 10.5 Å². The van der Waals surface area contributed by atoms with Gasteiger partial charge in [0.15, 0.2) is 0 Å². The molecule has 3 N–H and O–H groups in total. The summed E-state index contributed by atoms with van der Waals surface area (Å²) >= 11 is 0. The molecule has 158 valence electrons. The molecular weight excluding hydrogens is 406 g/mol. The first-order valence-electron chi connectivity index (χ1n) is 10.1. The molecule has 0 bridgehead atoms. The van der Waals surface area contributed by atoms with Gasteiger partial charge < -0.3 is 10.2 Å². The first-order chi connectivity index (χ1) is 14.3. The molecule has 2 aromatic heterocycles. The van der Waals surface area contributed by atoms with E-state index in [1.807, 2.05) is 0 Å². The summed E-state index contributed by atoms with van der Waals surface area (Å²) in [5, 5.41) is 12.9. The second-order valence-electron chi connectivity index (χ2n) is 7.94. The molecule has 3 amide bonds. The van der Waals surface area contributed by atoms with E-state index in [9.17, 15) is 13.8 Å². The maximum absolute atomic E-state index is 13.2. The Kier molecular flexibility index (Phi) is 4.40. The monoisotopic (exact) mass is 429 g/mol. The summed E-state index contributed by atoms with van der Waals surface area (Å²) < 4.78 is 18.4. The average Bonchev–Trinajstić information content (AvgIpc) is 3.42. The number of aromatic nitrogens is 3. The maximum atomic E-state index is 13.2. The van der Waals surface area contributed by atoms with Crippen molar-refractivity contribution in [2.24, 2.45) is 9.50 Å². The standard InChI is InChI=1S/C19H23N7O3S/c1-25-8-9-26-17(18(25)27)15(10-21-26)30(20,29)24-19(28)23-16-11-4-2-6-13(11)22-14-7-3-5-12(14)16/h10H,2-9H2,1H3,(H3,20,22,23,24,28,29). The Hall–Kier alpha value is -2.79. The molecule has 0 saturated carbocycles. The van der Waals surface area contributed by atoms with Crippen molar-refractivity contribution >= 4 is 27.5 Å². The van der Waals surface area contributed by atoms with Gasteiger partial charge in [-0.15, -0.1) is 4.36 Å². The highest BCUT2D eigenvalue weighted by Crippen LogP contribution is 2.36. The number of nitrogens with one attached hydrogen (secondary N) is 1. The van der Waals surface area contributed by atoms with Gasteiger partial charge in [0.25, 0.3) is 5.91 Å². The normalized spacial score (nSPS) is 19.1. The molecule has 3 heterocycles. The molecular formula is C19H23N7O3S. The van der Waals surface area contributed by atoms with E-state index in [0.29, 0.717) is 13.1 Å². The molecule has 10 nitrogen and oxygen atoms in total. The van der Waals surface area contributed by atoms with Crippen LogP contribution in [0.2, 0.25) is 0 Å². The maximum Gasteiger partial charge on any atom is 0.354 e. The summed E-state index contributed by atoms with van der Waals surface area (Å²) in [4.78, 5) is 31.5. The second-order valence-corrected chi connectivity index (χ2v) is 9.70. The van der Waals surface area contributed by atoms with E-state index in [-0.39, 0.29) is 16.5 Å². The van der Waals surface area contributed by atoms with Crippen LogP contribution in [0.1, 0.15) is 45.8 Å². The SMILES string of the molecule is CN1CCn2ncc(S(N)(=O)=NC(=O)Nc3c4c(nc5c3CCC5)CCC4)c2C1=O. The third-order valence-electron chi connectivity index (χ3n) is 6.02. The first kappa shape index (κ1) is 19.2. The number of pyridine rings is 1. The highest BCUT2D eigenvalue weighted by Gasteiger charge is 2.31. The Balaban J connectivity index is 1.50. The zero-order valence-corrected chi connectivity index (χ0v) is 17.5. The molecule has 5 rings (SSSR count). The lowest BCUT2D eigenvalue weighted by molar-refractivity contribution is 0.0738. The third kappa shape index (κ3) is 3.00. The molecule has 1 atom stereocenters. The second kappa shape index (κ2) is 6.88. The topological polar surface area (TPSA) is 136 Å². The zero-order chi connectivity index (χ0) is 21.0. The van der Waals surface area contributed by atoms with Gasteiger partial charge in [-0.25, -0.2) is 14.1 Å². The van der Waals surface area contributed by atoms with Crippen LogP contribution in [0, 0.1) is 0 Å². The molecule has 3 aliphatic rings. The van der Waals surface area contributed by atoms with Crippen molar-refractivity contribution in [2.45, 2.75) is 50.0 Å². The summed E-state index contributed by atoms with van der Waals surface area (Å²) in [5.74, 6) is -0.340. The Labute approximate surface area is 174 Å². The molecule has 0 saturated heterocycles. The van der Waals surface area contributed by atoms with Crippen molar-refractivity contribution in [3.05, 3.63) is 34.4 Å². The van der Waals surface area contributed by atoms with E-state index < -0.39 is 15.9 Å². The summed E-state index contributed by atoms with van der Waals surface area (Å²) in [6.07, 6.45) is 6.76. The number of aryl methyl sites for hydroxylation is 2. The van der Waals surface area contributed by atoms with Crippen LogP contribution in [-0.2, 0) is 42.1 Å². The molecule has 1 aliphatic heterocycles. The number of carbonyl (C=O) groups excluding carboxylic acids is 2. The molecule has 2 aromatic rings. The van der Waals surface area contributed by atoms with Gasteiger partial charge >= 0.3 is 6.03 Å². The highest BCUT2D eigenvalue weighted by molar-refractivity contribution is 7.91. The molecule has 11 heteroatoms. The number of hydrogen-bond acceptors (Lipinski definition) is 5. The van der Waals surface area contributed by atoms with Gasteiger partial charge in [0.1, 0.15) is 20.5 Å². The molecule has 2 aliphatic carbocycles. The summed E-state index contributed by atoms with van der Waals surface area (Å²) in [7, 11) is -2.00. The number of fused-ring (bicyclic) bond motifs is 3. The number of hydrogen-bond donors (Lipinski definition) is 2. The lowest BCUT2D eigenvalue weighted by Gasteiger charge is -2.24. The Morgan fingerprint density at radius 1 is 1.17 bits per heavy atom. The third-order valence-corrected chi connectivity index (χ3v) is 7.38. The van der Waals surface area contributed by atoms with Gasteiger partial charge in [-0.2, -0.15) is 5.10 Å². The highest BCUT2D eigenvalue weighted by atomic mass is 32.2. The Morgan fingerprint density at radius 3 is 2.50 bits per heavy atom. The van der Waals surface area contributed by atoms with Gasteiger partial charge in [0, 0.05) is 25.0 Å². The van der Waals surface area contributed by atoms with Crippen LogP contribution in [0.3, 0.4) is 0 Å². The van der Waals surface area contributed by atoms with Gasteiger partial charge in [0.05, 0.1) is 18.4 Å². The fraction of sp³-hybridized carbons (Fsp3) is 0.474. The predicted molar refractivity (Wildman–Crippen MR) is 110 cm³/mol. The number of carbonyl (C=O) groups is 2. The molecule has 0 radical (unpaired) electrons. The van der Waals surface area contributed by atoms with Crippen LogP contribution in [0.15, 0.2) is 15.5 Å². The van der Waals surface area contributed by atoms with Crippen molar-refractivity contribution in [3.8, 4) is 0 Å². The number of anilines is 1. The largest absolute Gasteiger partial charge is 0.354 e. The molecule has 0 aromatic carbocycles. The number of nitrogens with zero attached hydrogens (tertiary/aromatic N) is 5. The van der Waals surface area contributed by atoms with Crippen LogP contribution >= 0.6 is 0 Å². The summed E-state index contributed by atoms with van der Waals surface area (Å²) in [6.45, 7) is 0.961. The van der Waals surface area contributed by atoms with Crippen molar-refractivity contribution in [1.82, 2.24) is 19.7 Å². The van der Waals surface area contributed by atoms with E-state index in [1.54, 1.807) is 7.05 Å². The van der Waals surface area contributed by atoms with Gasteiger partial charge in [-0.1, -0.05) is 0 Å². The van der Waals surface area contributed by atoms with Crippen LogP contribution < -0.4 is 10.5 Å². The quantitative estimate of drug-likeness (QED) is 0.741. The number of urea groups is 1. The lowest BCUT2D eigenvalue weighted by Crippen LogP contribution is -2.38. The Morgan fingerprint density at radius 2 is 1.83 bits per heavy atom. The van der Waals surface area contributed by atoms with E-state index in [1.165, 1.54) is 15.8 Å². The number of rotatable bonds is 2. The van der Waals surface area contributed by atoms with E-state index in [4.69, 9.17) is 10.1 Å². The minimum absolute atomic E-state index is 0.0145. The minimum Gasteiger partial charge on any atom is -0.338 e. The fourth-order valence-corrected chi connectivity index (χ4v) is 5.59. The van der Waals surface area contributed by atoms with E-state index >= 15 is 0 Å². The zero-order valence-electron chi connectivity index (χ0n) is 16.7. The number of amides is 3. The van der Waals surface area contributed by atoms with E-state index in [2.05, 4.69) is 14.8 Å². The fourth-order valence-electron chi connectivity index (χ4n) is 4.53. The van der Waals surface area contributed by atoms with Crippen molar-refractivity contribution < 1.29 is 13.8 Å². The minimum atomic E-state index is -3.65. The molecule has 30 heavy (non-hydrogen) atoms. The summed E-state index contributed by atoms with van der Waals surface area (Å²) in [6, 6.07) is -0.784. The molecule has 0 spiro atoms. The van der Waals surface area contributed by atoms with Gasteiger partial charge in [0.2, 0.25) is 0 Å². The predicted octanol–water partition coefficient (Wildman–Crippen LogP) is 1.27. The number of nitrogens with two attached hydrogens (primary N) is 1. The number of likely N-dealkylation sites (N-methyl/N-ethyl adjacent to an activating group) is 1. The van der Waals surface area contributed by atoms with Crippen LogP contribution in [-0.4, -0.2) is 49.4 Å². The van der Waals surface area contributed by atoms with Crippen molar-refractivity contribution in [2.75, 3.05) is 18.9 Å². The molecule has 1 unspecified atom stereocenters. The Bertz CT molecular complexity index is 1180. The van der Waals surface area contributed by atoms with E-state index in [0.717, 1.165) is 66.7 Å². The first-order valence-corrected chi connectivity index (χ1v) is 11.6. The van der Waals surface area contributed by atoms with Gasteiger partial charge in [-0.3, -0.25) is 14.5 Å². The lowest BCUT2D eigenvalue weighted by atomic mass is 10.1. The smallest absolute Gasteiger partial charge is 0.338 e. The van der Waals surface area contributed by atoms with Crippen LogP contribution in [0.5, 0.6) is 0 Å². The van der Waals surface area contributed by atoms with Crippen molar-refractivity contribution in [3.63, 3.8) is 0 Å². The summed E-state index contributed by atoms with van der Waals surface area (Å²) in [5.41, 5.74) is 5.02. The van der Waals surface area contributed by atoms with Gasteiger partial charge in [-0.05, 0) is 49.7 Å². The van der Waals surface area contributed by atoms with Crippen molar-refractivity contribution in [1.29, 1.82) is 0 Å². The van der Waals surface area contributed by atoms with Crippen LogP contribution in [0.25, 0.3) is 0 Å². The average molecular weight is 430 g/mol.